The molecular weight excluding hydrogens is 387 g/mol. The van der Waals surface area contributed by atoms with Gasteiger partial charge in [0.1, 0.15) is 5.82 Å². The lowest BCUT2D eigenvalue weighted by molar-refractivity contribution is -0.131. The third-order valence-electron chi connectivity index (χ3n) is 5.34. The number of carbonyl (C=O) groups excluding carboxylic acids is 1. The molecule has 0 saturated carbocycles. The molecule has 4 rings (SSSR count). The fourth-order valence-corrected chi connectivity index (χ4v) is 4.07. The second-order valence-corrected chi connectivity index (χ2v) is 7.78. The topological polar surface area (TPSA) is 33.2 Å². The highest BCUT2D eigenvalue weighted by atomic mass is 35.5. The van der Waals surface area contributed by atoms with Crippen LogP contribution in [0.2, 0.25) is 5.02 Å². The molecule has 0 N–H and O–H groups in total. The average Bonchev–Trinajstić information content (AvgIpc) is 3.22. The predicted octanol–water partition coefficient (Wildman–Crippen LogP) is 5.37. The van der Waals surface area contributed by atoms with Gasteiger partial charge in [0.05, 0.1) is 18.2 Å². The Morgan fingerprint density at radius 3 is 2.66 bits per heavy atom. The minimum Gasteiger partial charge on any atom is -0.334 e. The van der Waals surface area contributed by atoms with Gasteiger partial charge in [-0.1, -0.05) is 48.0 Å². The lowest BCUT2D eigenvalue weighted by Gasteiger charge is -2.25. The zero-order valence-corrected chi connectivity index (χ0v) is 16.8. The first-order valence-electron chi connectivity index (χ1n) is 9.83. The van der Waals surface area contributed by atoms with Crippen molar-refractivity contribution >= 4 is 17.5 Å². The van der Waals surface area contributed by atoms with Gasteiger partial charge in [-0.05, 0) is 54.3 Å². The molecule has 0 unspecified atom stereocenters. The zero-order chi connectivity index (χ0) is 20.2. The summed E-state index contributed by atoms with van der Waals surface area (Å²) in [5, 5.41) is 0.733. The summed E-state index contributed by atoms with van der Waals surface area (Å²) in [6.45, 7) is 0.723. The number of rotatable bonds is 5. The van der Waals surface area contributed by atoms with E-state index in [4.69, 9.17) is 16.6 Å². The molecule has 2 heterocycles. The van der Waals surface area contributed by atoms with Crippen molar-refractivity contribution in [2.75, 3.05) is 6.54 Å². The Hall–Kier alpha value is -2.72. The van der Waals surface area contributed by atoms with E-state index in [-0.39, 0.29) is 24.2 Å². The summed E-state index contributed by atoms with van der Waals surface area (Å²) in [5.74, 6) is -0.239. The molecular formula is C24H22ClFN2O. The zero-order valence-electron chi connectivity index (χ0n) is 16.0. The van der Waals surface area contributed by atoms with Crippen molar-refractivity contribution < 1.29 is 9.18 Å². The molecule has 0 radical (unpaired) electrons. The van der Waals surface area contributed by atoms with Crippen LogP contribution in [0.25, 0.3) is 0 Å². The minimum absolute atomic E-state index is 0.0193. The smallest absolute Gasteiger partial charge is 0.227 e. The van der Waals surface area contributed by atoms with E-state index in [1.54, 1.807) is 12.1 Å². The molecule has 1 aromatic heterocycles. The molecule has 1 aliphatic rings. The van der Waals surface area contributed by atoms with Gasteiger partial charge in [-0.2, -0.15) is 0 Å². The lowest BCUT2D eigenvalue weighted by atomic mass is 10.1. The Kier molecular flexibility index (Phi) is 5.91. The summed E-state index contributed by atoms with van der Waals surface area (Å²) in [4.78, 5) is 19.6. The molecule has 1 amide bonds. The van der Waals surface area contributed by atoms with Gasteiger partial charge >= 0.3 is 0 Å². The Morgan fingerprint density at radius 1 is 1.07 bits per heavy atom. The molecule has 1 atom stereocenters. The molecule has 148 valence electrons. The van der Waals surface area contributed by atoms with Crippen LogP contribution < -0.4 is 0 Å². The van der Waals surface area contributed by atoms with Crippen LogP contribution in [0.1, 0.15) is 41.4 Å². The monoisotopic (exact) mass is 408 g/mol. The van der Waals surface area contributed by atoms with Crippen molar-refractivity contribution in [3.8, 4) is 0 Å². The second-order valence-electron chi connectivity index (χ2n) is 7.37. The summed E-state index contributed by atoms with van der Waals surface area (Å²) in [6.07, 6.45) is 2.79. The van der Waals surface area contributed by atoms with E-state index in [0.29, 0.717) is 6.42 Å². The highest BCUT2D eigenvalue weighted by Crippen LogP contribution is 2.32. The lowest BCUT2D eigenvalue weighted by Crippen LogP contribution is -2.32. The average molecular weight is 409 g/mol. The van der Waals surface area contributed by atoms with Crippen LogP contribution >= 0.6 is 11.6 Å². The number of hydrogen-bond acceptors (Lipinski definition) is 2. The summed E-state index contributed by atoms with van der Waals surface area (Å²) < 4.78 is 13.1. The number of aromatic nitrogens is 1. The van der Waals surface area contributed by atoms with Crippen LogP contribution in [0.4, 0.5) is 4.39 Å². The maximum absolute atomic E-state index is 13.1. The first-order valence-corrected chi connectivity index (χ1v) is 10.2. The van der Waals surface area contributed by atoms with Crippen molar-refractivity contribution in [1.82, 2.24) is 9.88 Å². The normalized spacial score (nSPS) is 16.2. The molecule has 0 aliphatic carbocycles. The van der Waals surface area contributed by atoms with E-state index in [9.17, 15) is 9.18 Å². The fourth-order valence-electron chi connectivity index (χ4n) is 3.87. The van der Waals surface area contributed by atoms with Gasteiger partial charge in [-0.3, -0.25) is 9.78 Å². The summed E-state index contributed by atoms with van der Waals surface area (Å²) in [7, 11) is 0. The van der Waals surface area contributed by atoms with Crippen molar-refractivity contribution in [1.29, 1.82) is 0 Å². The van der Waals surface area contributed by atoms with Crippen molar-refractivity contribution in [2.45, 2.75) is 31.7 Å². The summed E-state index contributed by atoms with van der Waals surface area (Å²) >= 11 is 6.29. The van der Waals surface area contributed by atoms with E-state index >= 15 is 0 Å². The van der Waals surface area contributed by atoms with E-state index in [2.05, 4.69) is 0 Å². The molecule has 29 heavy (non-hydrogen) atoms. The SMILES string of the molecule is O=C(Cc1ccc(F)cc1)N1CCC[C@@H]1c1cccc(Cc2ccccc2Cl)n1. The van der Waals surface area contributed by atoms with Crippen LogP contribution in [-0.2, 0) is 17.6 Å². The Balaban J connectivity index is 1.50. The Bertz CT molecular complexity index is 1010. The number of benzene rings is 2. The maximum atomic E-state index is 13.1. The minimum atomic E-state index is -0.292. The van der Waals surface area contributed by atoms with Gasteiger partial charge in [-0.15, -0.1) is 0 Å². The quantitative estimate of drug-likeness (QED) is 0.568. The van der Waals surface area contributed by atoms with Gasteiger partial charge in [-0.25, -0.2) is 4.39 Å². The molecule has 2 aromatic carbocycles. The van der Waals surface area contributed by atoms with Gasteiger partial charge in [0.25, 0.3) is 0 Å². The molecule has 0 spiro atoms. The standard InChI is InChI=1S/C24H22ClFN2O/c25-21-7-2-1-5-18(21)16-20-6-3-8-22(27-20)23-9-4-14-28(23)24(29)15-17-10-12-19(26)13-11-17/h1-3,5-8,10-13,23H,4,9,14-16H2/t23-/m1/s1. The van der Waals surface area contributed by atoms with E-state index in [1.807, 2.05) is 47.4 Å². The highest BCUT2D eigenvalue weighted by Gasteiger charge is 2.30. The van der Waals surface area contributed by atoms with Crippen LogP contribution in [0.5, 0.6) is 0 Å². The molecule has 5 heteroatoms. The number of pyridine rings is 1. The largest absolute Gasteiger partial charge is 0.334 e. The molecule has 1 fully saturated rings. The fraction of sp³-hybridized carbons (Fsp3) is 0.250. The molecule has 1 saturated heterocycles. The van der Waals surface area contributed by atoms with Crippen molar-refractivity contribution in [3.63, 3.8) is 0 Å². The number of carbonyl (C=O) groups is 1. The molecule has 3 aromatic rings. The van der Waals surface area contributed by atoms with Gasteiger partial charge in [0.15, 0.2) is 0 Å². The predicted molar refractivity (Wildman–Crippen MR) is 112 cm³/mol. The van der Waals surface area contributed by atoms with Crippen LogP contribution in [0.3, 0.4) is 0 Å². The van der Waals surface area contributed by atoms with Crippen molar-refractivity contribution in [2.24, 2.45) is 0 Å². The first-order chi connectivity index (χ1) is 14.1. The third-order valence-corrected chi connectivity index (χ3v) is 5.71. The van der Waals surface area contributed by atoms with Crippen LogP contribution in [0.15, 0.2) is 66.7 Å². The number of amides is 1. The Morgan fingerprint density at radius 2 is 1.86 bits per heavy atom. The number of nitrogens with zero attached hydrogens (tertiary/aromatic N) is 2. The molecule has 1 aliphatic heterocycles. The van der Waals surface area contributed by atoms with Crippen LogP contribution in [0, 0.1) is 5.82 Å². The summed E-state index contributed by atoms with van der Waals surface area (Å²) in [5.41, 5.74) is 3.71. The van der Waals surface area contributed by atoms with E-state index in [1.165, 1.54) is 12.1 Å². The maximum Gasteiger partial charge on any atom is 0.227 e. The molecule has 3 nitrogen and oxygen atoms in total. The van der Waals surface area contributed by atoms with Gasteiger partial charge in [0, 0.05) is 23.7 Å². The molecule has 0 bridgehead atoms. The number of hydrogen-bond donors (Lipinski definition) is 0. The van der Waals surface area contributed by atoms with E-state index < -0.39 is 0 Å². The van der Waals surface area contributed by atoms with Crippen molar-refractivity contribution in [3.05, 3.63) is 100 Å². The van der Waals surface area contributed by atoms with Crippen LogP contribution in [-0.4, -0.2) is 22.3 Å². The van der Waals surface area contributed by atoms with E-state index in [0.717, 1.165) is 46.9 Å². The highest BCUT2D eigenvalue weighted by molar-refractivity contribution is 6.31. The van der Waals surface area contributed by atoms with Gasteiger partial charge < -0.3 is 4.90 Å². The number of halogens is 2. The third kappa shape index (κ3) is 4.65. The number of likely N-dealkylation sites (tertiary alicyclic amines) is 1. The van der Waals surface area contributed by atoms with Gasteiger partial charge in [0.2, 0.25) is 5.91 Å². The summed E-state index contributed by atoms with van der Waals surface area (Å²) in [6, 6.07) is 19.9. The Labute approximate surface area is 175 Å². The second kappa shape index (κ2) is 8.75. The first kappa shape index (κ1) is 19.6.